The monoisotopic (exact) mass is 313 g/mol. The third-order valence-corrected chi connectivity index (χ3v) is 4.99. The summed E-state index contributed by atoms with van der Waals surface area (Å²) in [5.74, 6) is -1.20. The standard InChI is InChI=1S/C12H11NO5S2/c1-7-2-3-8(4-10(7)14)13-20(17,18)9-5-11(12(15)16)19-6-9/h2-6,13-14H,1H3,(H,15,16). The molecule has 8 heteroatoms. The number of aromatic hydroxyl groups is 1. The van der Waals surface area contributed by atoms with Crippen LogP contribution in [0.2, 0.25) is 0 Å². The highest BCUT2D eigenvalue weighted by atomic mass is 32.2. The van der Waals surface area contributed by atoms with Crippen molar-refractivity contribution in [1.82, 2.24) is 0 Å². The number of aromatic carboxylic acids is 1. The molecule has 0 fully saturated rings. The summed E-state index contributed by atoms with van der Waals surface area (Å²) < 4.78 is 26.4. The quantitative estimate of drug-likeness (QED) is 0.803. The molecule has 0 aliphatic carbocycles. The van der Waals surface area contributed by atoms with Crippen LogP contribution in [0.4, 0.5) is 5.69 Å². The third kappa shape index (κ3) is 2.91. The lowest BCUT2D eigenvalue weighted by atomic mass is 10.2. The molecule has 0 saturated carbocycles. The van der Waals surface area contributed by atoms with E-state index in [0.717, 1.165) is 17.4 Å². The second-order valence-corrected chi connectivity index (χ2v) is 6.65. The van der Waals surface area contributed by atoms with Gasteiger partial charge in [-0.05, 0) is 24.6 Å². The van der Waals surface area contributed by atoms with Gasteiger partial charge in [0, 0.05) is 11.4 Å². The van der Waals surface area contributed by atoms with Gasteiger partial charge in [-0.25, -0.2) is 13.2 Å². The Hall–Kier alpha value is -2.06. The minimum atomic E-state index is -3.87. The third-order valence-electron chi connectivity index (χ3n) is 2.56. The summed E-state index contributed by atoms with van der Waals surface area (Å²) in [6.07, 6.45) is 0. The molecule has 3 N–H and O–H groups in total. The number of hydrogen-bond acceptors (Lipinski definition) is 5. The van der Waals surface area contributed by atoms with Crippen molar-refractivity contribution in [3.05, 3.63) is 40.1 Å². The van der Waals surface area contributed by atoms with Crippen LogP contribution in [-0.4, -0.2) is 24.6 Å². The maximum absolute atomic E-state index is 12.1. The Morgan fingerprint density at radius 3 is 2.55 bits per heavy atom. The maximum atomic E-state index is 12.1. The van der Waals surface area contributed by atoms with Crippen molar-refractivity contribution >= 4 is 33.0 Å². The average Bonchev–Trinajstić information content (AvgIpc) is 2.84. The topological polar surface area (TPSA) is 104 Å². The first-order chi connectivity index (χ1) is 9.29. The van der Waals surface area contributed by atoms with Gasteiger partial charge in [-0.1, -0.05) is 6.07 Å². The maximum Gasteiger partial charge on any atom is 0.345 e. The van der Waals surface area contributed by atoms with Gasteiger partial charge < -0.3 is 10.2 Å². The Morgan fingerprint density at radius 2 is 2.00 bits per heavy atom. The highest BCUT2D eigenvalue weighted by Crippen LogP contribution is 2.25. The fourth-order valence-corrected chi connectivity index (χ4v) is 3.62. The van der Waals surface area contributed by atoms with Gasteiger partial charge in [-0.15, -0.1) is 11.3 Å². The second-order valence-electron chi connectivity index (χ2n) is 4.06. The number of carboxylic acids is 1. The molecule has 0 bridgehead atoms. The lowest BCUT2D eigenvalue weighted by molar-refractivity contribution is 0.0702. The molecule has 1 heterocycles. The Kier molecular flexibility index (Phi) is 3.69. The zero-order valence-corrected chi connectivity index (χ0v) is 12.0. The van der Waals surface area contributed by atoms with Crippen LogP contribution in [0.1, 0.15) is 15.2 Å². The number of aryl methyl sites for hydroxylation is 1. The van der Waals surface area contributed by atoms with Crippen molar-refractivity contribution in [3.63, 3.8) is 0 Å². The number of nitrogens with one attached hydrogen (secondary N) is 1. The van der Waals surface area contributed by atoms with Gasteiger partial charge in [-0.2, -0.15) is 0 Å². The number of hydrogen-bond donors (Lipinski definition) is 3. The number of sulfonamides is 1. The van der Waals surface area contributed by atoms with Gasteiger partial charge in [0.2, 0.25) is 0 Å². The van der Waals surface area contributed by atoms with E-state index in [-0.39, 0.29) is 21.2 Å². The van der Waals surface area contributed by atoms with E-state index in [9.17, 15) is 18.3 Å². The number of thiophene rings is 1. The van der Waals surface area contributed by atoms with E-state index in [0.29, 0.717) is 5.56 Å². The van der Waals surface area contributed by atoms with E-state index in [4.69, 9.17) is 5.11 Å². The molecule has 106 valence electrons. The molecule has 2 aromatic rings. The van der Waals surface area contributed by atoms with Gasteiger partial charge in [-0.3, -0.25) is 4.72 Å². The molecule has 20 heavy (non-hydrogen) atoms. The number of phenols is 1. The molecule has 0 atom stereocenters. The summed E-state index contributed by atoms with van der Waals surface area (Å²) in [4.78, 5) is 10.6. The van der Waals surface area contributed by atoms with Crippen LogP contribution in [0.5, 0.6) is 5.75 Å². The van der Waals surface area contributed by atoms with Crippen LogP contribution in [0, 0.1) is 6.92 Å². The minimum Gasteiger partial charge on any atom is -0.508 e. The minimum absolute atomic E-state index is 0.0262. The van der Waals surface area contributed by atoms with E-state index in [1.807, 2.05) is 0 Å². The zero-order valence-electron chi connectivity index (χ0n) is 10.3. The first-order valence-corrected chi connectivity index (χ1v) is 7.80. The molecule has 0 amide bonds. The molecular weight excluding hydrogens is 302 g/mol. The molecule has 1 aromatic heterocycles. The van der Waals surface area contributed by atoms with E-state index in [2.05, 4.69) is 4.72 Å². The summed E-state index contributed by atoms with van der Waals surface area (Å²) in [6.45, 7) is 1.69. The number of phenolic OH excluding ortho intramolecular Hbond substituents is 1. The van der Waals surface area contributed by atoms with Gasteiger partial charge in [0.05, 0.1) is 10.6 Å². The van der Waals surface area contributed by atoms with Crippen LogP contribution in [-0.2, 0) is 10.0 Å². The first-order valence-electron chi connectivity index (χ1n) is 5.44. The second kappa shape index (κ2) is 5.14. The van der Waals surface area contributed by atoms with Crippen molar-refractivity contribution < 1.29 is 23.4 Å². The number of rotatable bonds is 4. The van der Waals surface area contributed by atoms with Gasteiger partial charge in [0.15, 0.2) is 0 Å². The largest absolute Gasteiger partial charge is 0.508 e. The van der Waals surface area contributed by atoms with Gasteiger partial charge in [0.1, 0.15) is 10.6 Å². The molecule has 0 unspecified atom stereocenters. The molecule has 0 saturated heterocycles. The van der Waals surface area contributed by atoms with Gasteiger partial charge in [0.25, 0.3) is 10.0 Å². The lowest BCUT2D eigenvalue weighted by Gasteiger charge is -2.07. The molecule has 0 aliphatic rings. The van der Waals surface area contributed by atoms with Crippen molar-refractivity contribution in [2.45, 2.75) is 11.8 Å². The molecule has 2 rings (SSSR count). The predicted molar refractivity (Wildman–Crippen MR) is 74.9 cm³/mol. The Morgan fingerprint density at radius 1 is 1.30 bits per heavy atom. The molecule has 0 spiro atoms. The molecule has 0 radical (unpaired) electrons. The fraction of sp³-hybridized carbons (Fsp3) is 0.0833. The zero-order chi connectivity index (χ0) is 14.9. The Bertz CT molecular complexity index is 764. The Balaban J connectivity index is 2.30. The molecule has 0 aliphatic heterocycles. The average molecular weight is 313 g/mol. The van der Waals surface area contributed by atoms with E-state index < -0.39 is 16.0 Å². The van der Waals surface area contributed by atoms with Crippen LogP contribution in [0.15, 0.2) is 34.5 Å². The van der Waals surface area contributed by atoms with E-state index >= 15 is 0 Å². The number of carboxylic acid groups (broad SMARTS) is 1. The molecule has 1 aromatic carbocycles. The van der Waals surface area contributed by atoms with Crippen LogP contribution >= 0.6 is 11.3 Å². The SMILES string of the molecule is Cc1ccc(NS(=O)(=O)c2csc(C(=O)O)c2)cc1O. The van der Waals surface area contributed by atoms with Gasteiger partial charge >= 0.3 is 5.97 Å². The number of carbonyl (C=O) groups is 1. The van der Waals surface area contributed by atoms with Crippen molar-refractivity contribution in [3.8, 4) is 5.75 Å². The predicted octanol–water partition coefficient (Wildman–Crippen LogP) is 2.26. The normalized spacial score (nSPS) is 11.2. The molecule has 6 nitrogen and oxygen atoms in total. The summed E-state index contributed by atoms with van der Waals surface area (Å²) in [5.41, 5.74) is 0.827. The van der Waals surface area contributed by atoms with Crippen LogP contribution in [0.25, 0.3) is 0 Å². The number of benzene rings is 1. The summed E-state index contributed by atoms with van der Waals surface area (Å²) in [6, 6.07) is 5.46. The van der Waals surface area contributed by atoms with Crippen molar-refractivity contribution in [2.24, 2.45) is 0 Å². The smallest absolute Gasteiger partial charge is 0.345 e. The molecular formula is C12H11NO5S2. The Labute approximate surface area is 119 Å². The fourth-order valence-electron chi connectivity index (χ4n) is 1.46. The summed E-state index contributed by atoms with van der Waals surface area (Å²) in [7, 11) is -3.87. The van der Waals surface area contributed by atoms with Crippen LogP contribution in [0.3, 0.4) is 0 Å². The van der Waals surface area contributed by atoms with Crippen molar-refractivity contribution in [1.29, 1.82) is 0 Å². The van der Waals surface area contributed by atoms with E-state index in [1.54, 1.807) is 13.0 Å². The first kappa shape index (κ1) is 14.4. The summed E-state index contributed by atoms with van der Waals surface area (Å²) >= 11 is 0.833. The lowest BCUT2D eigenvalue weighted by Crippen LogP contribution is -2.12. The van der Waals surface area contributed by atoms with Crippen molar-refractivity contribution in [2.75, 3.05) is 4.72 Å². The number of anilines is 1. The van der Waals surface area contributed by atoms with E-state index in [1.165, 1.54) is 17.5 Å². The summed E-state index contributed by atoms with van der Waals surface area (Å²) in [5, 5.41) is 19.6. The van der Waals surface area contributed by atoms with Crippen LogP contribution < -0.4 is 4.72 Å². The highest BCUT2D eigenvalue weighted by Gasteiger charge is 2.18. The highest BCUT2D eigenvalue weighted by molar-refractivity contribution is 7.92.